The molecule has 0 aromatic heterocycles. The van der Waals surface area contributed by atoms with Crippen molar-refractivity contribution in [3.8, 4) is 6.07 Å². The molecule has 1 rings (SSSR count). The molecule has 1 unspecified atom stereocenters. The molecule has 0 saturated heterocycles. The average Bonchev–Trinajstić information content (AvgIpc) is 2.25. The van der Waals surface area contributed by atoms with Crippen LogP contribution >= 0.6 is 11.6 Å². The molecular formula is C12H13ClN2O. The predicted molar refractivity (Wildman–Crippen MR) is 63.0 cm³/mol. The van der Waals surface area contributed by atoms with Gasteiger partial charge in [-0.1, -0.05) is 23.7 Å². The maximum Gasteiger partial charge on any atom is 0.239 e. The van der Waals surface area contributed by atoms with Crippen molar-refractivity contribution in [2.75, 3.05) is 14.1 Å². The van der Waals surface area contributed by atoms with Crippen LogP contribution in [0.2, 0.25) is 5.02 Å². The second kappa shape index (κ2) is 5.53. The van der Waals surface area contributed by atoms with Gasteiger partial charge in [-0.15, -0.1) is 0 Å². The lowest BCUT2D eigenvalue weighted by atomic mass is 9.99. The minimum Gasteiger partial charge on any atom is -0.348 e. The van der Waals surface area contributed by atoms with Gasteiger partial charge in [0.2, 0.25) is 5.91 Å². The van der Waals surface area contributed by atoms with Crippen molar-refractivity contribution in [2.24, 2.45) is 5.92 Å². The van der Waals surface area contributed by atoms with Crippen molar-refractivity contribution >= 4 is 17.5 Å². The van der Waals surface area contributed by atoms with Crippen LogP contribution in [-0.4, -0.2) is 24.9 Å². The molecular weight excluding hydrogens is 224 g/mol. The molecule has 0 aliphatic rings. The Morgan fingerprint density at radius 3 is 2.75 bits per heavy atom. The molecule has 1 amide bonds. The number of nitriles is 1. The zero-order chi connectivity index (χ0) is 12.1. The van der Waals surface area contributed by atoms with Gasteiger partial charge in [-0.2, -0.15) is 5.26 Å². The summed E-state index contributed by atoms with van der Waals surface area (Å²) in [5.41, 5.74) is 0.897. The van der Waals surface area contributed by atoms with Crippen LogP contribution in [0.1, 0.15) is 5.56 Å². The highest BCUT2D eigenvalue weighted by atomic mass is 35.5. The van der Waals surface area contributed by atoms with Gasteiger partial charge >= 0.3 is 0 Å². The Kier molecular flexibility index (Phi) is 4.33. The first-order valence-electron chi connectivity index (χ1n) is 4.90. The van der Waals surface area contributed by atoms with E-state index in [-0.39, 0.29) is 5.91 Å². The smallest absolute Gasteiger partial charge is 0.239 e. The van der Waals surface area contributed by atoms with E-state index in [1.807, 2.05) is 18.2 Å². The standard InChI is InChI=1S/C12H13ClN2O/c1-15(2)12(16)10(8-14)6-9-4-3-5-11(13)7-9/h3-5,7,10H,6H2,1-2H3. The fraction of sp³-hybridized carbons (Fsp3) is 0.333. The Morgan fingerprint density at radius 2 is 2.25 bits per heavy atom. The highest BCUT2D eigenvalue weighted by Crippen LogP contribution is 2.15. The number of carbonyl (C=O) groups is 1. The molecule has 1 aromatic rings. The second-order valence-corrected chi connectivity index (χ2v) is 4.18. The summed E-state index contributed by atoms with van der Waals surface area (Å²) < 4.78 is 0. The van der Waals surface area contributed by atoms with E-state index in [1.165, 1.54) is 4.90 Å². The Morgan fingerprint density at radius 1 is 1.56 bits per heavy atom. The number of carbonyl (C=O) groups excluding carboxylic acids is 1. The maximum absolute atomic E-state index is 11.6. The number of halogens is 1. The summed E-state index contributed by atoms with van der Waals surface area (Å²) in [6.07, 6.45) is 0.397. The molecule has 0 saturated carbocycles. The maximum atomic E-state index is 11.6. The number of rotatable bonds is 3. The summed E-state index contributed by atoms with van der Waals surface area (Å²) >= 11 is 5.84. The first-order chi connectivity index (χ1) is 7.54. The van der Waals surface area contributed by atoms with Gasteiger partial charge < -0.3 is 4.90 Å². The fourth-order valence-electron chi connectivity index (χ4n) is 1.40. The molecule has 0 fully saturated rings. The minimum absolute atomic E-state index is 0.178. The Balaban J connectivity index is 2.79. The van der Waals surface area contributed by atoms with Gasteiger partial charge in [-0.3, -0.25) is 4.79 Å². The molecule has 16 heavy (non-hydrogen) atoms. The summed E-state index contributed by atoms with van der Waals surface area (Å²) in [5, 5.41) is 9.56. The highest BCUT2D eigenvalue weighted by molar-refractivity contribution is 6.30. The topological polar surface area (TPSA) is 44.1 Å². The van der Waals surface area contributed by atoms with Gasteiger partial charge in [-0.05, 0) is 24.1 Å². The molecule has 4 heteroatoms. The molecule has 0 heterocycles. The van der Waals surface area contributed by atoms with Crippen LogP contribution in [0.4, 0.5) is 0 Å². The summed E-state index contributed by atoms with van der Waals surface area (Å²) in [7, 11) is 3.29. The van der Waals surface area contributed by atoms with E-state index in [0.29, 0.717) is 11.4 Å². The number of amides is 1. The third-order valence-electron chi connectivity index (χ3n) is 2.22. The van der Waals surface area contributed by atoms with Crippen molar-refractivity contribution in [3.05, 3.63) is 34.9 Å². The molecule has 1 atom stereocenters. The third-order valence-corrected chi connectivity index (χ3v) is 2.46. The van der Waals surface area contributed by atoms with Crippen LogP contribution in [0.15, 0.2) is 24.3 Å². The van der Waals surface area contributed by atoms with E-state index in [9.17, 15) is 4.79 Å². The van der Waals surface area contributed by atoms with Gasteiger partial charge in [0.15, 0.2) is 0 Å². The predicted octanol–water partition coefficient (Wildman–Crippen LogP) is 2.11. The number of hydrogen-bond donors (Lipinski definition) is 0. The Hall–Kier alpha value is -1.53. The fourth-order valence-corrected chi connectivity index (χ4v) is 1.61. The number of hydrogen-bond acceptors (Lipinski definition) is 2. The average molecular weight is 237 g/mol. The number of nitrogens with zero attached hydrogens (tertiary/aromatic N) is 2. The second-order valence-electron chi connectivity index (χ2n) is 3.75. The van der Waals surface area contributed by atoms with Crippen LogP contribution in [-0.2, 0) is 11.2 Å². The summed E-state index contributed by atoms with van der Waals surface area (Å²) in [5.74, 6) is -0.823. The van der Waals surface area contributed by atoms with Gasteiger partial charge in [0.05, 0.1) is 6.07 Å². The molecule has 0 aliphatic heterocycles. The molecule has 1 aromatic carbocycles. The molecule has 0 N–H and O–H groups in total. The first-order valence-corrected chi connectivity index (χ1v) is 5.27. The summed E-state index contributed by atoms with van der Waals surface area (Å²) in [6, 6.07) is 9.23. The molecule has 0 bridgehead atoms. The van der Waals surface area contributed by atoms with Crippen LogP contribution in [0.3, 0.4) is 0 Å². The quantitative estimate of drug-likeness (QED) is 0.807. The molecule has 0 spiro atoms. The van der Waals surface area contributed by atoms with E-state index in [4.69, 9.17) is 16.9 Å². The van der Waals surface area contributed by atoms with E-state index < -0.39 is 5.92 Å². The SMILES string of the molecule is CN(C)C(=O)C(C#N)Cc1cccc(Cl)c1. The minimum atomic E-state index is -0.645. The van der Waals surface area contributed by atoms with Gasteiger partial charge in [0, 0.05) is 19.1 Å². The molecule has 3 nitrogen and oxygen atoms in total. The summed E-state index contributed by atoms with van der Waals surface area (Å²) in [6.45, 7) is 0. The monoisotopic (exact) mass is 236 g/mol. The lowest BCUT2D eigenvalue weighted by Gasteiger charge is -2.14. The van der Waals surface area contributed by atoms with E-state index in [2.05, 4.69) is 0 Å². The van der Waals surface area contributed by atoms with Crippen molar-refractivity contribution in [3.63, 3.8) is 0 Å². The van der Waals surface area contributed by atoms with Crippen LogP contribution in [0.5, 0.6) is 0 Å². The highest BCUT2D eigenvalue weighted by Gasteiger charge is 2.19. The van der Waals surface area contributed by atoms with Crippen molar-refractivity contribution in [1.82, 2.24) is 4.90 Å². The van der Waals surface area contributed by atoms with Crippen LogP contribution < -0.4 is 0 Å². The molecule has 0 radical (unpaired) electrons. The van der Waals surface area contributed by atoms with Crippen molar-refractivity contribution in [2.45, 2.75) is 6.42 Å². The number of benzene rings is 1. The summed E-state index contributed by atoms with van der Waals surface area (Å²) in [4.78, 5) is 13.1. The van der Waals surface area contributed by atoms with Gasteiger partial charge in [-0.25, -0.2) is 0 Å². The molecule has 0 aliphatic carbocycles. The zero-order valence-corrected chi connectivity index (χ0v) is 10.0. The van der Waals surface area contributed by atoms with Crippen molar-refractivity contribution in [1.29, 1.82) is 5.26 Å². The largest absolute Gasteiger partial charge is 0.348 e. The van der Waals surface area contributed by atoms with Crippen LogP contribution in [0, 0.1) is 17.2 Å². The van der Waals surface area contributed by atoms with E-state index in [0.717, 1.165) is 5.56 Å². The van der Waals surface area contributed by atoms with Gasteiger partial charge in [0.1, 0.15) is 5.92 Å². The van der Waals surface area contributed by atoms with Gasteiger partial charge in [0.25, 0.3) is 0 Å². The van der Waals surface area contributed by atoms with Crippen molar-refractivity contribution < 1.29 is 4.79 Å². The normalized spacial score (nSPS) is 11.6. The Bertz CT molecular complexity index is 423. The Labute approximate surface area is 100 Å². The van der Waals surface area contributed by atoms with E-state index in [1.54, 1.807) is 26.2 Å². The zero-order valence-electron chi connectivity index (χ0n) is 9.27. The molecule has 84 valence electrons. The first kappa shape index (κ1) is 12.5. The lowest BCUT2D eigenvalue weighted by molar-refractivity contribution is -0.131. The van der Waals surface area contributed by atoms with E-state index >= 15 is 0 Å². The third kappa shape index (κ3) is 3.25. The van der Waals surface area contributed by atoms with Crippen LogP contribution in [0.25, 0.3) is 0 Å². The lowest BCUT2D eigenvalue weighted by Crippen LogP contribution is -2.30.